The average Bonchev–Trinajstić information content (AvgIpc) is 3.44. The molecule has 1 aliphatic carbocycles. The minimum Gasteiger partial charge on any atom is -0.355 e. The number of pyridine rings is 1. The molecule has 1 aromatic carbocycles. The van der Waals surface area contributed by atoms with E-state index in [2.05, 4.69) is 10.3 Å². The molecule has 1 N–H and O–H groups in total. The van der Waals surface area contributed by atoms with Crippen molar-refractivity contribution in [2.24, 2.45) is 0 Å². The molecule has 1 saturated carbocycles. The van der Waals surface area contributed by atoms with Crippen molar-refractivity contribution in [3.63, 3.8) is 0 Å². The summed E-state index contributed by atoms with van der Waals surface area (Å²) in [5.41, 5.74) is 2.13. The molecule has 1 heterocycles. The highest BCUT2D eigenvalue weighted by molar-refractivity contribution is 6.29. The third-order valence-electron chi connectivity index (χ3n) is 4.02. The number of carbonyl (C=O) groups excluding carboxylic acids is 2. The van der Waals surface area contributed by atoms with Crippen LogP contribution in [0.3, 0.4) is 0 Å². The number of benzene rings is 1. The van der Waals surface area contributed by atoms with Crippen molar-refractivity contribution in [3.8, 4) is 0 Å². The fourth-order valence-electron chi connectivity index (χ4n) is 2.52. The first-order chi connectivity index (χ1) is 11.6. The molecule has 0 saturated heterocycles. The predicted molar refractivity (Wildman–Crippen MR) is 92.0 cm³/mol. The minimum atomic E-state index is -0.121. The van der Waals surface area contributed by atoms with Crippen molar-refractivity contribution in [1.82, 2.24) is 15.2 Å². The van der Waals surface area contributed by atoms with E-state index in [-0.39, 0.29) is 17.9 Å². The van der Waals surface area contributed by atoms with Gasteiger partial charge in [-0.25, -0.2) is 4.98 Å². The highest BCUT2D eigenvalue weighted by Crippen LogP contribution is 2.30. The second-order valence-corrected chi connectivity index (χ2v) is 6.20. The van der Waals surface area contributed by atoms with E-state index in [9.17, 15) is 9.59 Å². The Morgan fingerprint density at radius 2 is 1.83 bits per heavy atom. The van der Waals surface area contributed by atoms with E-state index in [1.54, 1.807) is 31.3 Å². The Morgan fingerprint density at radius 1 is 1.17 bits per heavy atom. The average molecular weight is 344 g/mol. The van der Waals surface area contributed by atoms with Gasteiger partial charge in [-0.3, -0.25) is 9.59 Å². The Hall–Kier alpha value is -2.40. The summed E-state index contributed by atoms with van der Waals surface area (Å²) in [7, 11) is 1.60. The first-order valence-corrected chi connectivity index (χ1v) is 8.20. The second kappa shape index (κ2) is 7.01. The monoisotopic (exact) mass is 343 g/mol. The zero-order valence-electron chi connectivity index (χ0n) is 13.3. The molecule has 0 unspecified atom stereocenters. The summed E-state index contributed by atoms with van der Waals surface area (Å²) in [6.07, 6.45) is 3.54. The van der Waals surface area contributed by atoms with Crippen LogP contribution in [0.4, 0.5) is 0 Å². The highest BCUT2D eigenvalue weighted by Gasteiger charge is 2.33. The van der Waals surface area contributed by atoms with Gasteiger partial charge in [-0.05, 0) is 42.7 Å². The number of amides is 2. The minimum absolute atomic E-state index is 0.0444. The largest absolute Gasteiger partial charge is 0.355 e. The lowest BCUT2D eigenvalue weighted by molar-refractivity contribution is 0.0729. The molecule has 2 aromatic rings. The van der Waals surface area contributed by atoms with E-state index in [0.717, 1.165) is 18.4 Å². The summed E-state index contributed by atoms with van der Waals surface area (Å²) in [5, 5.41) is 2.96. The number of rotatable bonds is 5. The summed E-state index contributed by atoms with van der Waals surface area (Å²) in [5.74, 6) is -0.166. The fourth-order valence-corrected chi connectivity index (χ4v) is 2.64. The van der Waals surface area contributed by atoms with Gasteiger partial charge < -0.3 is 10.2 Å². The van der Waals surface area contributed by atoms with E-state index in [0.29, 0.717) is 22.8 Å². The lowest BCUT2D eigenvalue weighted by Crippen LogP contribution is -2.32. The van der Waals surface area contributed by atoms with Gasteiger partial charge in [-0.1, -0.05) is 23.7 Å². The number of hydrogen-bond donors (Lipinski definition) is 1. The Morgan fingerprint density at radius 3 is 2.38 bits per heavy atom. The lowest BCUT2D eigenvalue weighted by Gasteiger charge is -2.22. The molecule has 2 amide bonds. The maximum absolute atomic E-state index is 12.7. The number of hydrogen-bond acceptors (Lipinski definition) is 3. The second-order valence-electron chi connectivity index (χ2n) is 5.81. The van der Waals surface area contributed by atoms with Crippen LogP contribution in [0.15, 0.2) is 42.6 Å². The molecule has 3 rings (SSSR count). The summed E-state index contributed by atoms with van der Waals surface area (Å²) in [4.78, 5) is 30.2. The molecule has 0 atom stereocenters. The van der Waals surface area contributed by atoms with Gasteiger partial charge >= 0.3 is 0 Å². The van der Waals surface area contributed by atoms with Gasteiger partial charge in [-0.15, -0.1) is 0 Å². The van der Waals surface area contributed by atoms with Crippen LogP contribution in [0.5, 0.6) is 0 Å². The molecule has 24 heavy (non-hydrogen) atoms. The van der Waals surface area contributed by atoms with Crippen molar-refractivity contribution in [2.75, 3.05) is 7.05 Å². The van der Waals surface area contributed by atoms with Crippen LogP contribution in [0, 0.1) is 0 Å². The Kier molecular flexibility index (Phi) is 4.81. The Balaban J connectivity index is 1.75. The fraction of sp³-hybridized carbons (Fsp3) is 0.278. The Bertz CT molecular complexity index is 740. The highest BCUT2D eigenvalue weighted by atomic mass is 35.5. The number of aromatic nitrogens is 1. The number of halogens is 1. The molecule has 6 heteroatoms. The lowest BCUT2D eigenvalue weighted by atomic mass is 10.1. The number of nitrogens with one attached hydrogen (secondary N) is 1. The van der Waals surface area contributed by atoms with Crippen molar-refractivity contribution < 1.29 is 9.59 Å². The molecule has 1 aliphatic rings. The molecular formula is C18H18ClN3O2. The van der Waals surface area contributed by atoms with Crippen LogP contribution in [0.1, 0.15) is 39.1 Å². The van der Waals surface area contributed by atoms with Crippen LogP contribution in [-0.2, 0) is 6.54 Å². The maximum Gasteiger partial charge on any atom is 0.255 e. The summed E-state index contributed by atoms with van der Waals surface area (Å²) >= 11 is 5.78. The van der Waals surface area contributed by atoms with Gasteiger partial charge in [-0.2, -0.15) is 0 Å². The molecular weight excluding hydrogens is 326 g/mol. The third kappa shape index (κ3) is 3.74. The normalized spacial score (nSPS) is 13.4. The van der Waals surface area contributed by atoms with Gasteiger partial charge in [0.25, 0.3) is 11.8 Å². The van der Waals surface area contributed by atoms with E-state index in [1.807, 2.05) is 17.0 Å². The summed E-state index contributed by atoms with van der Waals surface area (Å²) in [6.45, 7) is 0.514. The van der Waals surface area contributed by atoms with Crippen LogP contribution in [0.2, 0.25) is 5.15 Å². The van der Waals surface area contributed by atoms with Gasteiger partial charge in [0.2, 0.25) is 0 Å². The third-order valence-corrected chi connectivity index (χ3v) is 4.24. The van der Waals surface area contributed by atoms with Crippen molar-refractivity contribution in [1.29, 1.82) is 0 Å². The molecule has 0 aliphatic heterocycles. The predicted octanol–water partition coefficient (Wildman–Crippen LogP) is 2.90. The van der Waals surface area contributed by atoms with Crippen LogP contribution < -0.4 is 5.32 Å². The molecule has 124 valence electrons. The summed E-state index contributed by atoms with van der Waals surface area (Å²) < 4.78 is 0. The quantitative estimate of drug-likeness (QED) is 0.849. The SMILES string of the molecule is CNC(=O)c1ccc(CN(C(=O)c2ccc(Cl)nc2)C2CC2)cc1. The maximum atomic E-state index is 12.7. The molecule has 0 radical (unpaired) electrons. The van der Waals surface area contributed by atoms with Gasteiger partial charge in [0.1, 0.15) is 5.15 Å². The molecule has 0 spiro atoms. The van der Waals surface area contributed by atoms with Crippen molar-refractivity contribution in [2.45, 2.75) is 25.4 Å². The van der Waals surface area contributed by atoms with E-state index in [1.165, 1.54) is 6.20 Å². The zero-order chi connectivity index (χ0) is 17.1. The summed E-state index contributed by atoms with van der Waals surface area (Å²) in [6, 6.07) is 10.9. The van der Waals surface area contributed by atoms with Gasteiger partial charge in [0, 0.05) is 31.4 Å². The Labute approximate surface area is 145 Å². The standard InChI is InChI=1S/C18H18ClN3O2/c1-20-17(23)13-4-2-12(3-5-13)11-22(15-7-8-15)18(24)14-6-9-16(19)21-10-14/h2-6,9-10,15H,7-8,11H2,1H3,(H,20,23). The van der Waals surface area contributed by atoms with Crippen LogP contribution in [-0.4, -0.2) is 34.8 Å². The van der Waals surface area contributed by atoms with Crippen molar-refractivity contribution in [3.05, 3.63) is 64.4 Å². The first kappa shape index (κ1) is 16.5. The topological polar surface area (TPSA) is 62.3 Å². The molecule has 0 bridgehead atoms. The number of carbonyl (C=O) groups is 2. The smallest absolute Gasteiger partial charge is 0.255 e. The van der Waals surface area contributed by atoms with Gasteiger partial charge in [0.05, 0.1) is 5.56 Å². The molecule has 5 nitrogen and oxygen atoms in total. The molecule has 1 fully saturated rings. The van der Waals surface area contributed by atoms with Crippen molar-refractivity contribution >= 4 is 23.4 Å². The van der Waals surface area contributed by atoms with Gasteiger partial charge in [0.15, 0.2) is 0 Å². The molecule has 1 aromatic heterocycles. The van der Waals surface area contributed by atoms with E-state index in [4.69, 9.17) is 11.6 Å². The first-order valence-electron chi connectivity index (χ1n) is 7.82. The number of nitrogens with zero attached hydrogens (tertiary/aromatic N) is 2. The van der Waals surface area contributed by atoms with E-state index >= 15 is 0 Å². The van der Waals surface area contributed by atoms with E-state index < -0.39 is 0 Å². The van der Waals surface area contributed by atoms with Crippen LogP contribution in [0.25, 0.3) is 0 Å². The zero-order valence-corrected chi connectivity index (χ0v) is 14.1. The van der Waals surface area contributed by atoms with Crippen LogP contribution >= 0.6 is 11.6 Å².